The Labute approximate surface area is 119 Å². The largest absolute Gasteiger partial charge is 0.355 e. The number of carbonyl (C=O) groups is 1. The fourth-order valence-corrected chi connectivity index (χ4v) is 2.04. The number of nitrogens with zero attached hydrogens (tertiary/aromatic N) is 1. The lowest BCUT2D eigenvalue weighted by molar-refractivity contribution is -0.123. The Morgan fingerprint density at radius 3 is 2.68 bits per heavy atom. The van der Waals surface area contributed by atoms with Gasteiger partial charge in [-0.2, -0.15) is 17.0 Å². The average Bonchev–Trinajstić information content (AvgIpc) is 2.45. The van der Waals surface area contributed by atoms with Gasteiger partial charge in [-0.1, -0.05) is 37.3 Å². The van der Waals surface area contributed by atoms with Crippen molar-refractivity contribution in [2.75, 3.05) is 12.8 Å². The van der Waals surface area contributed by atoms with E-state index >= 15 is 0 Å². The molecule has 0 saturated heterocycles. The highest BCUT2D eigenvalue weighted by Crippen LogP contribution is 2.10. The summed E-state index contributed by atoms with van der Waals surface area (Å²) in [5.41, 5.74) is 1.02. The van der Waals surface area contributed by atoms with Crippen LogP contribution in [0.25, 0.3) is 0 Å². The van der Waals surface area contributed by atoms with Crippen LogP contribution in [-0.4, -0.2) is 24.0 Å². The van der Waals surface area contributed by atoms with Gasteiger partial charge in [0.25, 0.3) is 0 Å². The van der Waals surface area contributed by atoms with Crippen LogP contribution in [0.1, 0.15) is 18.9 Å². The van der Waals surface area contributed by atoms with E-state index in [0.29, 0.717) is 18.2 Å². The van der Waals surface area contributed by atoms with E-state index in [2.05, 4.69) is 24.6 Å². The van der Waals surface area contributed by atoms with E-state index in [0.717, 1.165) is 12.0 Å². The fourth-order valence-electron chi connectivity index (χ4n) is 1.69. The number of hydrogen-bond donors (Lipinski definition) is 1. The fraction of sp³-hybridized carbons (Fsp3) is 0.467. The molecule has 0 aliphatic rings. The highest BCUT2D eigenvalue weighted by atomic mass is 32.2. The van der Waals surface area contributed by atoms with Gasteiger partial charge in [0.15, 0.2) is 0 Å². The second-order valence-corrected chi connectivity index (χ2v) is 5.77. The summed E-state index contributed by atoms with van der Waals surface area (Å²) >= 11 is 1.78. The quantitative estimate of drug-likeness (QED) is 0.833. The van der Waals surface area contributed by atoms with E-state index in [1.54, 1.807) is 11.8 Å². The van der Waals surface area contributed by atoms with Gasteiger partial charge >= 0.3 is 0 Å². The lowest BCUT2D eigenvalue weighted by Gasteiger charge is -2.12. The van der Waals surface area contributed by atoms with E-state index in [1.807, 2.05) is 30.3 Å². The minimum atomic E-state index is -0.605. The van der Waals surface area contributed by atoms with Crippen LogP contribution >= 0.6 is 11.8 Å². The van der Waals surface area contributed by atoms with Crippen LogP contribution in [0, 0.1) is 17.2 Å². The number of nitrogens with one attached hydrogen (secondary N) is 1. The van der Waals surface area contributed by atoms with Gasteiger partial charge in [-0.3, -0.25) is 4.79 Å². The predicted octanol–water partition coefficient (Wildman–Crippen LogP) is 2.63. The lowest BCUT2D eigenvalue weighted by atomic mass is 10.00. The minimum absolute atomic E-state index is 0.167. The van der Waals surface area contributed by atoms with Gasteiger partial charge < -0.3 is 5.32 Å². The lowest BCUT2D eigenvalue weighted by Crippen LogP contribution is -2.32. The predicted molar refractivity (Wildman–Crippen MR) is 79.9 cm³/mol. The molecule has 1 amide bonds. The molecule has 4 heteroatoms. The third-order valence-electron chi connectivity index (χ3n) is 3.01. The van der Waals surface area contributed by atoms with E-state index in [-0.39, 0.29) is 5.91 Å². The molecular weight excluding hydrogens is 256 g/mol. The number of benzene rings is 1. The molecule has 0 aliphatic carbocycles. The summed E-state index contributed by atoms with van der Waals surface area (Å²) in [5.74, 6) is -0.772. The molecule has 102 valence electrons. The van der Waals surface area contributed by atoms with E-state index in [4.69, 9.17) is 5.26 Å². The molecule has 3 nitrogen and oxygen atoms in total. The summed E-state index contributed by atoms with van der Waals surface area (Å²) in [6.45, 7) is 2.76. The molecule has 0 saturated carbocycles. The van der Waals surface area contributed by atoms with Crippen molar-refractivity contribution in [1.29, 1.82) is 5.26 Å². The van der Waals surface area contributed by atoms with Crippen molar-refractivity contribution < 1.29 is 4.79 Å². The minimum Gasteiger partial charge on any atom is -0.355 e. The van der Waals surface area contributed by atoms with E-state index in [1.165, 1.54) is 0 Å². The zero-order valence-corrected chi connectivity index (χ0v) is 12.2. The van der Waals surface area contributed by atoms with Crippen molar-refractivity contribution >= 4 is 17.7 Å². The van der Waals surface area contributed by atoms with Crippen LogP contribution in [0.5, 0.6) is 0 Å². The molecule has 1 N–H and O–H groups in total. The molecule has 0 aliphatic heterocycles. The van der Waals surface area contributed by atoms with Crippen LogP contribution in [0.3, 0.4) is 0 Å². The first kappa shape index (κ1) is 15.6. The highest BCUT2D eigenvalue weighted by Gasteiger charge is 2.17. The van der Waals surface area contributed by atoms with Crippen LogP contribution in [0.4, 0.5) is 0 Å². The molecule has 2 atom stereocenters. The maximum atomic E-state index is 11.9. The van der Waals surface area contributed by atoms with Crippen molar-refractivity contribution in [1.82, 2.24) is 5.32 Å². The third kappa shape index (κ3) is 5.80. The van der Waals surface area contributed by atoms with Crippen molar-refractivity contribution in [3.05, 3.63) is 35.9 Å². The summed E-state index contributed by atoms with van der Waals surface area (Å²) in [7, 11) is 0. The molecule has 0 spiro atoms. The highest BCUT2D eigenvalue weighted by molar-refractivity contribution is 7.99. The number of nitriles is 1. The van der Waals surface area contributed by atoms with Crippen molar-refractivity contribution in [2.24, 2.45) is 5.92 Å². The number of carbonyl (C=O) groups excluding carboxylic acids is 1. The zero-order valence-electron chi connectivity index (χ0n) is 11.4. The van der Waals surface area contributed by atoms with Crippen molar-refractivity contribution in [3.63, 3.8) is 0 Å². The summed E-state index contributed by atoms with van der Waals surface area (Å²) in [4.78, 5) is 11.9. The number of rotatable bonds is 7. The average molecular weight is 276 g/mol. The molecule has 0 bridgehead atoms. The third-order valence-corrected chi connectivity index (χ3v) is 4.05. The van der Waals surface area contributed by atoms with Gasteiger partial charge in [-0.05, 0) is 24.7 Å². The Bertz CT molecular complexity index is 428. The van der Waals surface area contributed by atoms with Gasteiger partial charge in [0.1, 0.15) is 5.92 Å². The Balaban J connectivity index is 2.42. The SMILES string of the molecule is CSC(C)CCNC(=O)C(C#N)Cc1ccccc1. The zero-order chi connectivity index (χ0) is 14.1. The number of hydrogen-bond acceptors (Lipinski definition) is 3. The van der Waals surface area contributed by atoms with Crippen LogP contribution in [0.15, 0.2) is 30.3 Å². The van der Waals surface area contributed by atoms with Crippen molar-refractivity contribution in [2.45, 2.75) is 25.0 Å². The monoisotopic (exact) mass is 276 g/mol. The van der Waals surface area contributed by atoms with Gasteiger partial charge in [-0.25, -0.2) is 0 Å². The first-order valence-corrected chi connectivity index (χ1v) is 7.70. The molecule has 1 aromatic carbocycles. The molecular formula is C15H20N2OS. The Hall–Kier alpha value is -1.47. The smallest absolute Gasteiger partial charge is 0.237 e. The van der Waals surface area contributed by atoms with E-state index < -0.39 is 5.92 Å². The summed E-state index contributed by atoms with van der Waals surface area (Å²) in [6.07, 6.45) is 3.46. The Morgan fingerprint density at radius 2 is 2.11 bits per heavy atom. The van der Waals surface area contributed by atoms with Crippen LogP contribution in [0.2, 0.25) is 0 Å². The van der Waals surface area contributed by atoms with Gasteiger partial charge in [-0.15, -0.1) is 0 Å². The van der Waals surface area contributed by atoms with E-state index in [9.17, 15) is 4.79 Å². The molecule has 19 heavy (non-hydrogen) atoms. The van der Waals surface area contributed by atoms with Crippen LogP contribution in [-0.2, 0) is 11.2 Å². The molecule has 1 aromatic rings. The maximum Gasteiger partial charge on any atom is 0.237 e. The van der Waals surface area contributed by atoms with Crippen molar-refractivity contribution in [3.8, 4) is 6.07 Å². The van der Waals surface area contributed by atoms with Gasteiger partial charge in [0.2, 0.25) is 5.91 Å². The second kappa shape index (κ2) is 8.60. The molecule has 0 aromatic heterocycles. The standard InChI is InChI=1S/C15H20N2OS/c1-12(19-2)8-9-17-15(18)14(11-16)10-13-6-4-3-5-7-13/h3-7,12,14H,8-10H2,1-2H3,(H,17,18). The number of thioether (sulfide) groups is 1. The first-order valence-electron chi connectivity index (χ1n) is 6.41. The maximum absolute atomic E-state index is 11.9. The molecule has 1 rings (SSSR count). The molecule has 0 radical (unpaired) electrons. The Kier molecular flexibility index (Phi) is 7.06. The van der Waals surface area contributed by atoms with Gasteiger partial charge in [0.05, 0.1) is 6.07 Å². The molecule has 0 fully saturated rings. The second-order valence-electron chi connectivity index (χ2n) is 4.50. The number of amides is 1. The Morgan fingerprint density at radius 1 is 1.42 bits per heavy atom. The summed E-state index contributed by atoms with van der Waals surface area (Å²) in [5, 5.41) is 12.5. The normalized spacial score (nSPS) is 13.3. The summed E-state index contributed by atoms with van der Waals surface area (Å²) < 4.78 is 0. The topological polar surface area (TPSA) is 52.9 Å². The van der Waals surface area contributed by atoms with Gasteiger partial charge in [0, 0.05) is 11.8 Å². The molecule has 2 unspecified atom stereocenters. The first-order chi connectivity index (χ1) is 9.17. The molecule has 0 heterocycles. The summed E-state index contributed by atoms with van der Waals surface area (Å²) in [6, 6.07) is 11.7. The van der Waals surface area contributed by atoms with Crippen LogP contribution < -0.4 is 5.32 Å².